The molecule has 1 aromatic heterocycles. The summed E-state index contributed by atoms with van der Waals surface area (Å²) >= 11 is 0. The molecule has 0 bridgehead atoms. The number of hydrogen-bond acceptors (Lipinski definition) is 4. The van der Waals surface area contributed by atoms with Crippen molar-refractivity contribution >= 4 is 0 Å². The predicted octanol–water partition coefficient (Wildman–Crippen LogP) is 0.208. The van der Waals surface area contributed by atoms with Crippen LogP contribution in [0.3, 0.4) is 0 Å². The Morgan fingerprint density at radius 1 is 1.64 bits per heavy atom. The molecule has 0 aliphatic carbocycles. The van der Waals surface area contributed by atoms with Crippen molar-refractivity contribution in [2.24, 2.45) is 0 Å². The summed E-state index contributed by atoms with van der Waals surface area (Å²) in [4.78, 5) is 4.00. The zero-order valence-electron chi connectivity index (χ0n) is 7.77. The number of nitriles is 1. The molecule has 0 aromatic carbocycles. The first-order valence-electron chi connectivity index (χ1n) is 4.66. The van der Waals surface area contributed by atoms with Crippen molar-refractivity contribution in [3.63, 3.8) is 0 Å². The molecule has 4 heteroatoms. The van der Waals surface area contributed by atoms with Crippen LogP contribution in [0.2, 0.25) is 0 Å². The fraction of sp³-hybridized carbons (Fsp3) is 0.400. The summed E-state index contributed by atoms with van der Waals surface area (Å²) in [6.07, 6.45) is 3.44. The molecule has 2 rings (SSSR count). The van der Waals surface area contributed by atoms with Gasteiger partial charge in [-0.2, -0.15) is 5.26 Å². The zero-order chi connectivity index (χ0) is 9.80. The van der Waals surface area contributed by atoms with Crippen LogP contribution < -0.4 is 10.6 Å². The van der Waals surface area contributed by atoms with Crippen LogP contribution >= 0.6 is 0 Å². The summed E-state index contributed by atoms with van der Waals surface area (Å²) in [5, 5.41) is 15.4. The Morgan fingerprint density at radius 2 is 2.50 bits per heavy atom. The van der Waals surface area contributed by atoms with Crippen molar-refractivity contribution in [3.8, 4) is 6.07 Å². The molecule has 1 aliphatic heterocycles. The number of nitrogens with one attached hydrogen (secondary N) is 2. The van der Waals surface area contributed by atoms with E-state index < -0.39 is 0 Å². The number of aromatic nitrogens is 1. The van der Waals surface area contributed by atoms with Crippen LogP contribution in [0.1, 0.15) is 11.6 Å². The molecule has 1 unspecified atom stereocenters. The highest BCUT2D eigenvalue weighted by Crippen LogP contribution is 2.11. The van der Waals surface area contributed by atoms with E-state index in [0.29, 0.717) is 6.04 Å². The van der Waals surface area contributed by atoms with Gasteiger partial charge in [-0.05, 0) is 6.07 Å². The van der Waals surface area contributed by atoms with Crippen LogP contribution in [-0.2, 0) is 0 Å². The maximum absolute atomic E-state index is 8.99. The van der Waals surface area contributed by atoms with Crippen molar-refractivity contribution in [1.82, 2.24) is 15.6 Å². The van der Waals surface area contributed by atoms with Gasteiger partial charge in [-0.15, -0.1) is 0 Å². The Labute approximate surface area is 83.0 Å². The molecule has 0 radical (unpaired) electrons. The van der Waals surface area contributed by atoms with E-state index >= 15 is 0 Å². The van der Waals surface area contributed by atoms with Crippen LogP contribution in [0.4, 0.5) is 0 Å². The first kappa shape index (κ1) is 9.13. The van der Waals surface area contributed by atoms with Crippen molar-refractivity contribution in [2.75, 3.05) is 13.1 Å². The Balaban J connectivity index is 2.02. The largest absolute Gasteiger partial charge is 0.314 e. The highest BCUT2D eigenvalue weighted by Gasteiger charge is 2.21. The molecule has 0 amide bonds. The molecule has 0 spiro atoms. The van der Waals surface area contributed by atoms with Gasteiger partial charge in [-0.25, -0.2) is 0 Å². The van der Waals surface area contributed by atoms with E-state index in [1.807, 2.05) is 12.1 Å². The van der Waals surface area contributed by atoms with Crippen molar-refractivity contribution in [2.45, 2.75) is 12.1 Å². The van der Waals surface area contributed by atoms with Crippen molar-refractivity contribution < 1.29 is 0 Å². The summed E-state index contributed by atoms with van der Waals surface area (Å²) in [6.45, 7) is 1.89. The topological polar surface area (TPSA) is 60.7 Å². The fourth-order valence-corrected chi connectivity index (χ4v) is 1.40. The third-order valence-electron chi connectivity index (χ3n) is 2.33. The van der Waals surface area contributed by atoms with Crippen molar-refractivity contribution in [1.29, 1.82) is 5.26 Å². The lowest BCUT2D eigenvalue weighted by Gasteiger charge is -2.30. The molecular formula is C10H12N4. The molecule has 1 aromatic rings. The third-order valence-corrected chi connectivity index (χ3v) is 2.33. The highest BCUT2D eigenvalue weighted by molar-refractivity contribution is 5.20. The van der Waals surface area contributed by atoms with E-state index in [1.165, 1.54) is 0 Å². The van der Waals surface area contributed by atoms with Crippen LogP contribution in [0, 0.1) is 11.3 Å². The SMILES string of the molecule is N#CC(NC1CNC1)c1cccnc1. The van der Waals surface area contributed by atoms with Crippen molar-refractivity contribution in [3.05, 3.63) is 30.1 Å². The second kappa shape index (κ2) is 4.18. The van der Waals surface area contributed by atoms with Gasteiger partial charge in [0.2, 0.25) is 0 Å². The Hall–Kier alpha value is -1.44. The van der Waals surface area contributed by atoms with Gasteiger partial charge in [0.05, 0.1) is 6.07 Å². The lowest BCUT2D eigenvalue weighted by atomic mass is 10.1. The van der Waals surface area contributed by atoms with Gasteiger partial charge in [-0.1, -0.05) is 6.07 Å². The lowest BCUT2D eigenvalue weighted by Crippen LogP contribution is -2.55. The van der Waals surface area contributed by atoms with Gasteiger partial charge in [-0.3, -0.25) is 10.3 Å². The first-order valence-corrected chi connectivity index (χ1v) is 4.66. The lowest BCUT2D eigenvalue weighted by molar-refractivity contribution is 0.351. The predicted molar refractivity (Wildman–Crippen MR) is 52.4 cm³/mol. The maximum atomic E-state index is 8.99. The Morgan fingerprint density at radius 3 is 3.00 bits per heavy atom. The summed E-state index contributed by atoms with van der Waals surface area (Å²) in [5.41, 5.74) is 0.932. The van der Waals surface area contributed by atoms with Gasteiger partial charge in [0.1, 0.15) is 6.04 Å². The van der Waals surface area contributed by atoms with Crippen LogP contribution in [0.5, 0.6) is 0 Å². The van der Waals surface area contributed by atoms with Gasteiger partial charge in [0.25, 0.3) is 0 Å². The quantitative estimate of drug-likeness (QED) is 0.711. The molecule has 4 nitrogen and oxygen atoms in total. The van der Waals surface area contributed by atoms with E-state index in [9.17, 15) is 0 Å². The third kappa shape index (κ3) is 1.90. The molecule has 2 N–H and O–H groups in total. The monoisotopic (exact) mass is 188 g/mol. The minimum absolute atomic E-state index is 0.240. The molecule has 14 heavy (non-hydrogen) atoms. The van der Waals surface area contributed by atoms with Gasteiger partial charge in [0.15, 0.2) is 0 Å². The summed E-state index contributed by atoms with van der Waals surface area (Å²) in [7, 11) is 0. The fourth-order valence-electron chi connectivity index (χ4n) is 1.40. The standard InChI is InChI=1S/C10H12N4/c11-4-10(14-9-6-13-7-9)8-2-1-3-12-5-8/h1-3,5,9-10,13-14H,6-7H2. The normalized spacial score (nSPS) is 18.2. The number of pyridine rings is 1. The minimum Gasteiger partial charge on any atom is -0.314 e. The number of hydrogen-bond donors (Lipinski definition) is 2. The summed E-state index contributed by atoms with van der Waals surface area (Å²) < 4.78 is 0. The summed E-state index contributed by atoms with van der Waals surface area (Å²) in [5.74, 6) is 0. The molecular weight excluding hydrogens is 176 g/mol. The van der Waals surface area contributed by atoms with Gasteiger partial charge < -0.3 is 5.32 Å². The Bertz CT molecular complexity index is 326. The molecule has 1 saturated heterocycles. The van der Waals surface area contributed by atoms with E-state index in [4.69, 9.17) is 5.26 Å². The first-order chi connectivity index (χ1) is 6.90. The van der Waals surface area contributed by atoms with Crippen LogP contribution in [-0.4, -0.2) is 24.1 Å². The second-order valence-electron chi connectivity index (χ2n) is 3.37. The number of nitrogens with zero attached hydrogens (tertiary/aromatic N) is 2. The molecule has 1 aliphatic rings. The highest BCUT2D eigenvalue weighted by atomic mass is 15.1. The molecule has 1 atom stereocenters. The smallest absolute Gasteiger partial charge is 0.123 e. The van der Waals surface area contributed by atoms with Crippen LogP contribution in [0.15, 0.2) is 24.5 Å². The minimum atomic E-state index is -0.240. The second-order valence-corrected chi connectivity index (χ2v) is 3.37. The van der Waals surface area contributed by atoms with Gasteiger partial charge >= 0.3 is 0 Å². The maximum Gasteiger partial charge on any atom is 0.123 e. The Kier molecular flexibility index (Phi) is 2.73. The van der Waals surface area contributed by atoms with E-state index in [0.717, 1.165) is 18.7 Å². The zero-order valence-corrected chi connectivity index (χ0v) is 7.77. The van der Waals surface area contributed by atoms with Crippen LogP contribution in [0.25, 0.3) is 0 Å². The van der Waals surface area contributed by atoms with E-state index in [1.54, 1.807) is 12.4 Å². The van der Waals surface area contributed by atoms with E-state index in [2.05, 4.69) is 21.7 Å². The molecule has 0 saturated carbocycles. The van der Waals surface area contributed by atoms with Gasteiger partial charge in [0, 0.05) is 37.1 Å². The molecule has 72 valence electrons. The average Bonchev–Trinajstić information content (AvgIpc) is 2.18. The number of rotatable bonds is 3. The molecule has 1 fully saturated rings. The summed E-state index contributed by atoms with van der Waals surface area (Å²) in [6, 6.07) is 6.18. The molecule has 2 heterocycles. The average molecular weight is 188 g/mol. The van der Waals surface area contributed by atoms with E-state index in [-0.39, 0.29) is 6.04 Å².